The number of nitrogens with two attached hydrogens (primary N) is 1. The first-order chi connectivity index (χ1) is 15.0. The molecule has 1 aliphatic rings. The van der Waals surface area contributed by atoms with Crippen LogP contribution in [0.5, 0.6) is 5.75 Å². The van der Waals surface area contributed by atoms with Gasteiger partial charge in [0.2, 0.25) is 5.90 Å². The van der Waals surface area contributed by atoms with Crippen LogP contribution < -0.4 is 20.9 Å². The minimum atomic E-state index is -0.436. The van der Waals surface area contributed by atoms with Gasteiger partial charge in [-0.2, -0.15) is 0 Å². The molecule has 2 aromatic heterocycles. The molecule has 1 aliphatic heterocycles. The van der Waals surface area contributed by atoms with Crippen LogP contribution in [0.15, 0.2) is 66.1 Å². The first kappa shape index (κ1) is 20.4. The van der Waals surface area contributed by atoms with Crippen LogP contribution in [0.3, 0.4) is 0 Å². The second-order valence-electron chi connectivity index (χ2n) is 6.66. The number of methoxy groups -OCH3 is 1. The number of ether oxygens (including phenoxy) is 2. The average molecular weight is 436 g/mol. The third kappa shape index (κ3) is 3.49. The summed E-state index contributed by atoms with van der Waals surface area (Å²) in [6.45, 7) is 8.81. The molecule has 3 heterocycles. The zero-order valence-corrected chi connectivity index (χ0v) is 17.7. The number of nitrogens with zero attached hydrogens (tertiary/aromatic N) is 3. The van der Waals surface area contributed by atoms with Crippen LogP contribution in [0.2, 0.25) is 0 Å². The Hall–Kier alpha value is -3.85. The first-order valence-corrected chi connectivity index (χ1v) is 10.2. The SMILES string of the molecule is C=C/C=C(\C=C)N1CCOc2ccc(-n3c(=O)c(N)nc4sc(C(=N)OC)cc43)cc21. The van der Waals surface area contributed by atoms with Gasteiger partial charge in [-0.3, -0.25) is 14.8 Å². The molecule has 9 heteroatoms. The number of hydrogen-bond acceptors (Lipinski definition) is 8. The van der Waals surface area contributed by atoms with Crippen molar-refractivity contribution in [2.24, 2.45) is 0 Å². The molecule has 3 N–H and O–H groups in total. The Kier molecular flexibility index (Phi) is 5.35. The zero-order chi connectivity index (χ0) is 22.1. The summed E-state index contributed by atoms with van der Waals surface area (Å²) in [6.07, 6.45) is 5.32. The van der Waals surface area contributed by atoms with Crippen molar-refractivity contribution in [1.29, 1.82) is 5.41 Å². The molecule has 0 saturated carbocycles. The van der Waals surface area contributed by atoms with Crippen molar-refractivity contribution in [3.05, 3.63) is 76.6 Å². The summed E-state index contributed by atoms with van der Waals surface area (Å²) in [5, 5.41) is 7.95. The standard InChI is InChI=1S/C22H21N5O3S/c1-4-6-13(5-2)26-9-10-30-17-8-7-14(11-15(17)26)27-16-12-18(20(24)29-3)31-21(16)25-19(23)22(27)28/h4-8,11-12,24H,1-2,9-10H2,3H3,(H2,23,25)/b13-6+,24-20?. The van der Waals surface area contributed by atoms with Crippen molar-refractivity contribution in [1.82, 2.24) is 9.55 Å². The van der Waals surface area contributed by atoms with Crippen LogP contribution in [-0.2, 0) is 4.74 Å². The topological polar surface area (TPSA) is 106 Å². The van der Waals surface area contributed by atoms with Crippen LogP contribution in [-0.4, -0.2) is 35.7 Å². The lowest BCUT2D eigenvalue weighted by atomic mass is 10.1. The second kappa shape index (κ2) is 8.11. The Labute approximate surface area is 182 Å². The fourth-order valence-electron chi connectivity index (χ4n) is 3.46. The lowest BCUT2D eigenvalue weighted by molar-refractivity contribution is 0.312. The Morgan fingerprint density at radius 2 is 2.19 bits per heavy atom. The maximum atomic E-state index is 13.0. The normalized spacial score (nSPS) is 13.5. The number of rotatable bonds is 5. The predicted octanol–water partition coefficient (Wildman–Crippen LogP) is 3.46. The minimum absolute atomic E-state index is 0.00391. The molecule has 0 saturated heterocycles. The number of allylic oxidation sites excluding steroid dienone is 3. The Bertz CT molecular complexity index is 1300. The second-order valence-corrected chi connectivity index (χ2v) is 7.69. The number of benzene rings is 1. The fourth-order valence-corrected chi connectivity index (χ4v) is 4.42. The molecule has 0 atom stereocenters. The molecule has 0 fully saturated rings. The van der Waals surface area contributed by atoms with Crippen LogP contribution in [0, 0.1) is 5.41 Å². The van der Waals surface area contributed by atoms with Gasteiger partial charge in [-0.25, -0.2) is 4.98 Å². The molecule has 4 rings (SSSR count). The van der Waals surface area contributed by atoms with Gasteiger partial charge in [-0.05, 0) is 36.4 Å². The third-order valence-electron chi connectivity index (χ3n) is 4.88. The number of aromatic nitrogens is 2. The largest absolute Gasteiger partial charge is 0.490 e. The quantitative estimate of drug-likeness (QED) is 0.361. The van der Waals surface area contributed by atoms with E-state index in [1.807, 2.05) is 18.2 Å². The predicted molar refractivity (Wildman–Crippen MR) is 125 cm³/mol. The molecular formula is C22H21N5O3S. The number of thiophene rings is 1. The van der Waals surface area contributed by atoms with Crippen LogP contribution >= 0.6 is 11.3 Å². The smallest absolute Gasteiger partial charge is 0.298 e. The minimum Gasteiger partial charge on any atom is -0.490 e. The summed E-state index contributed by atoms with van der Waals surface area (Å²) < 4.78 is 12.3. The number of nitrogen functional groups attached to an aromatic ring is 1. The fraction of sp³-hybridized carbons (Fsp3) is 0.136. The lowest BCUT2D eigenvalue weighted by Gasteiger charge is -2.32. The molecule has 1 aromatic carbocycles. The number of fused-ring (bicyclic) bond motifs is 2. The Balaban J connectivity index is 1.94. The van der Waals surface area contributed by atoms with Gasteiger partial charge in [-0.15, -0.1) is 11.3 Å². The Morgan fingerprint density at radius 1 is 1.39 bits per heavy atom. The van der Waals surface area contributed by atoms with Gasteiger partial charge in [0.05, 0.1) is 35.4 Å². The Morgan fingerprint density at radius 3 is 2.90 bits per heavy atom. The van der Waals surface area contributed by atoms with E-state index in [2.05, 4.69) is 23.0 Å². The molecule has 0 radical (unpaired) electrons. The summed E-state index contributed by atoms with van der Waals surface area (Å²) in [4.78, 5) is 20.3. The first-order valence-electron chi connectivity index (χ1n) is 9.43. The van der Waals surface area contributed by atoms with E-state index in [0.717, 1.165) is 11.4 Å². The molecule has 0 amide bonds. The third-order valence-corrected chi connectivity index (χ3v) is 5.90. The molecule has 0 aliphatic carbocycles. The van der Waals surface area contributed by atoms with Crippen molar-refractivity contribution in [2.75, 3.05) is 30.9 Å². The highest BCUT2D eigenvalue weighted by molar-refractivity contribution is 7.20. The maximum Gasteiger partial charge on any atom is 0.298 e. The van der Waals surface area contributed by atoms with Gasteiger partial charge in [0.1, 0.15) is 17.2 Å². The van der Waals surface area contributed by atoms with E-state index in [-0.39, 0.29) is 11.7 Å². The highest BCUT2D eigenvalue weighted by atomic mass is 32.1. The van der Waals surface area contributed by atoms with Gasteiger partial charge in [0.25, 0.3) is 5.56 Å². The highest BCUT2D eigenvalue weighted by Gasteiger charge is 2.22. The van der Waals surface area contributed by atoms with E-state index >= 15 is 0 Å². The summed E-state index contributed by atoms with van der Waals surface area (Å²) in [7, 11) is 1.42. The number of nitrogens with one attached hydrogen (secondary N) is 1. The molecule has 0 bridgehead atoms. The number of hydrogen-bond donors (Lipinski definition) is 2. The van der Waals surface area contributed by atoms with Crippen LogP contribution in [0.4, 0.5) is 11.5 Å². The molecule has 0 unspecified atom stereocenters. The van der Waals surface area contributed by atoms with E-state index in [9.17, 15) is 4.79 Å². The summed E-state index contributed by atoms with van der Waals surface area (Å²) in [5.41, 5.74) is 8.31. The van der Waals surface area contributed by atoms with Crippen molar-refractivity contribution in [3.8, 4) is 11.4 Å². The highest BCUT2D eigenvalue weighted by Crippen LogP contribution is 2.36. The molecule has 31 heavy (non-hydrogen) atoms. The van der Waals surface area contributed by atoms with Gasteiger partial charge in [-0.1, -0.05) is 19.2 Å². The van der Waals surface area contributed by atoms with Crippen molar-refractivity contribution >= 4 is 39.1 Å². The van der Waals surface area contributed by atoms with Gasteiger partial charge >= 0.3 is 0 Å². The molecule has 8 nitrogen and oxygen atoms in total. The molecule has 158 valence electrons. The van der Waals surface area contributed by atoms with Crippen molar-refractivity contribution < 1.29 is 9.47 Å². The van der Waals surface area contributed by atoms with Gasteiger partial charge in [0, 0.05) is 5.70 Å². The average Bonchev–Trinajstić information content (AvgIpc) is 3.20. The van der Waals surface area contributed by atoms with Gasteiger partial charge < -0.3 is 20.1 Å². The summed E-state index contributed by atoms with van der Waals surface area (Å²) in [6, 6.07) is 7.20. The van der Waals surface area contributed by atoms with Crippen molar-refractivity contribution in [2.45, 2.75) is 0 Å². The summed E-state index contributed by atoms with van der Waals surface area (Å²) in [5.74, 6) is 0.579. The van der Waals surface area contributed by atoms with E-state index in [4.69, 9.17) is 20.6 Å². The molecular weight excluding hydrogens is 414 g/mol. The molecule has 0 spiro atoms. The van der Waals surface area contributed by atoms with Gasteiger partial charge in [0.15, 0.2) is 5.82 Å². The van der Waals surface area contributed by atoms with E-state index < -0.39 is 5.56 Å². The van der Waals surface area contributed by atoms with Crippen LogP contribution in [0.1, 0.15) is 4.88 Å². The monoisotopic (exact) mass is 435 g/mol. The van der Waals surface area contributed by atoms with E-state index in [0.29, 0.717) is 39.8 Å². The van der Waals surface area contributed by atoms with Crippen molar-refractivity contribution in [3.63, 3.8) is 0 Å². The molecule has 3 aromatic rings. The van der Waals surface area contributed by atoms with E-state index in [1.54, 1.807) is 24.3 Å². The lowest BCUT2D eigenvalue weighted by Crippen LogP contribution is -2.32. The van der Waals surface area contributed by atoms with Crippen LogP contribution in [0.25, 0.3) is 16.0 Å². The maximum absolute atomic E-state index is 13.0. The zero-order valence-electron chi connectivity index (χ0n) is 16.9. The summed E-state index contributed by atoms with van der Waals surface area (Å²) >= 11 is 1.24. The van der Waals surface area contributed by atoms with E-state index in [1.165, 1.54) is 23.0 Å². The number of anilines is 2.